The van der Waals surface area contributed by atoms with Crippen LogP contribution in [0, 0.1) is 12.3 Å². The van der Waals surface area contributed by atoms with E-state index in [-0.39, 0.29) is 5.41 Å². The summed E-state index contributed by atoms with van der Waals surface area (Å²) in [5.41, 5.74) is 1.81. The summed E-state index contributed by atoms with van der Waals surface area (Å²) in [5, 5.41) is 0. The fourth-order valence-electron chi connectivity index (χ4n) is 1.81. The van der Waals surface area contributed by atoms with Crippen LogP contribution >= 0.6 is 0 Å². The molecule has 0 amide bonds. The van der Waals surface area contributed by atoms with E-state index in [1.165, 1.54) is 0 Å². The Balaban J connectivity index is 2.67. The van der Waals surface area contributed by atoms with Crippen molar-refractivity contribution in [2.24, 2.45) is 5.41 Å². The lowest BCUT2D eigenvalue weighted by atomic mass is 9.95. The van der Waals surface area contributed by atoms with E-state index in [4.69, 9.17) is 0 Å². The molecule has 1 aromatic rings. The second-order valence-electron chi connectivity index (χ2n) is 5.18. The molecule has 94 valence electrons. The average molecular weight is 234 g/mol. The van der Waals surface area contributed by atoms with Crippen molar-refractivity contribution in [2.75, 3.05) is 13.1 Å². The molecule has 0 saturated carbocycles. The Morgan fingerprint density at radius 1 is 1.41 bits per heavy atom. The molecular formula is C14H22N2O. The van der Waals surface area contributed by atoms with Gasteiger partial charge in [-0.2, -0.15) is 0 Å². The number of carbonyl (C=O) groups is 1. The van der Waals surface area contributed by atoms with Gasteiger partial charge < -0.3 is 4.79 Å². The van der Waals surface area contributed by atoms with E-state index in [1.54, 1.807) is 0 Å². The van der Waals surface area contributed by atoms with E-state index < -0.39 is 0 Å². The quantitative estimate of drug-likeness (QED) is 0.709. The van der Waals surface area contributed by atoms with Crippen LogP contribution in [0.5, 0.6) is 0 Å². The van der Waals surface area contributed by atoms with Crippen LogP contribution in [-0.2, 0) is 11.3 Å². The van der Waals surface area contributed by atoms with Crippen molar-refractivity contribution in [3.63, 3.8) is 0 Å². The van der Waals surface area contributed by atoms with Crippen LogP contribution in [0.1, 0.15) is 32.2 Å². The molecule has 1 rings (SSSR count). The van der Waals surface area contributed by atoms with Gasteiger partial charge >= 0.3 is 0 Å². The van der Waals surface area contributed by atoms with Crippen molar-refractivity contribution in [1.29, 1.82) is 0 Å². The second-order valence-corrected chi connectivity index (χ2v) is 5.18. The van der Waals surface area contributed by atoms with Gasteiger partial charge in [0.2, 0.25) is 0 Å². The van der Waals surface area contributed by atoms with E-state index in [0.29, 0.717) is 0 Å². The summed E-state index contributed by atoms with van der Waals surface area (Å²) in [6, 6.07) is 6.05. The minimum atomic E-state index is -0.292. The summed E-state index contributed by atoms with van der Waals surface area (Å²) in [6.45, 7) is 10.5. The van der Waals surface area contributed by atoms with Gasteiger partial charge in [0.1, 0.15) is 6.29 Å². The first kappa shape index (κ1) is 13.8. The zero-order valence-electron chi connectivity index (χ0n) is 11.2. The number of aromatic nitrogens is 1. The molecule has 0 radical (unpaired) electrons. The number of aryl methyl sites for hydroxylation is 1. The molecule has 0 aliphatic heterocycles. The molecular weight excluding hydrogens is 212 g/mol. The maximum absolute atomic E-state index is 10.9. The molecule has 0 aromatic carbocycles. The summed E-state index contributed by atoms with van der Waals surface area (Å²) < 4.78 is 0. The molecule has 0 fully saturated rings. The molecule has 17 heavy (non-hydrogen) atoms. The Morgan fingerprint density at radius 3 is 2.65 bits per heavy atom. The van der Waals surface area contributed by atoms with Crippen LogP contribution in [0.25, 0.3) is 0 Å². The van der Waals surface area contributed by atoms with E-state index in [0.717, 1.165) is 37.3 Å². The lowest BCUT2D eigenvalue weighted by Crippen LogP contribution is -2.35. The van der Waals surface area contributed by atoms with Gasteiger partial charge in [-0.05, 0) is 25.6 Å². The highest BCUT2D eigenvalue weighted by molar-refractivity contribution is 5.58. The SMILES string of the molecule is CCN(Cc1cccc(C)n1)CC(C)(C)C=O. The molecule has 3 heteroatoms. The van der Waals surface area contributed by atoms with Crippen LogP contribution in [0.2, 0.25) is 0 Å². The summed E-state index contributed by atoms with van der Waals surface area (Å²) in [5.74, 6) is 0. The number of hydrogen-bond acceptors (Lipinski definition) is 3. The summed E-state index contributed by atoms with van der Waals surface area (Å²) >= 11 is 0. The molecule has 0 N–H and O–H groups in total. The first-order valence-electron chi connectivity index (χ1n) is 6.08. The van der Waals surface area contributed by atoms with Crippen LogP contribution in [0.3, 0.4) is 0 Å². The normalized spacial score (nSPS) is 11.8. The molecule has 1 aromatic heterocycles. The number of aldehydes is 1. The number of hydrogen-bond donors (Lipinski definition) is 0. The van der Waals surface area contributed by atoms with Gasteiger partial charge in [-0.25, -0.2) is 0 Å². The standard InChI is InChI=1S/C14H22N2O/c1-5-16(10-14(3,4)11-17)9-13-8-6-7-12(2)15-13/h6-8,11H,5,9-10H2,1-4H3. The average Bonchev–Trinajstić information content (AvgIpc) is 2.28. The van der Waals surface area contributed by atoms with Crippen molar-refractivity contribution in [2.45, 2.75) is 34.2 Å². The third-order valence-electron chi connectivity index (χ3n) is 2.73. The Labute approximate surface area is 104 Å². The van der Waals surface area contributed by atoms with Crippen LogP contribution in [-0.4, -0.2) is 29.3 Å². The van der Waals surface area contributed by atoms with E-state index >= 15 is 0 Å². The summed E-state index contributed by atoms with van der Waals surface area (Å²) in [6.07, 6.45) is 1.03. The maximum Gasteiger partial charge on any atom is 0.126 e. The first-order chi connectivity index (χ1) is 7.96. The largest absolute Gasteiger partial charge is 0.303 e. The summed E-state index contributed by atoms with van der Waals surface area (Å²) in [4.78, 5) is 17.7. The molecule has 0 unspecified atom stereocenters. The molecule has 0 atom stereocenters. The van der Waals surface area contributed by atoms with Crippen molar-refractivity contribution in [1.82, 2.24) is 9.88 Å². The van der Waals surface area contributed by atoms with Crippen molar-refractivity contribution in [3.05, 3.63) is 29.6 Å². The van der Waals surface area contributed by atoms with Gasteiger partial charge in [-0.3, -0.25) is 9.88 Å². The van der Waals surface area contributed by atoms with Gasteiger partial charge in [0.25, 0.3) is 0 Å². The lowest BCUT2D eigenvalue weighted by Gasteiger charge is -2.27. The highest BCUT2D eigenvalue weighted by Gasteiger charge is 2.20. The zero-order valence-corrected chi connectivity index (χ0v) is 11.2. The Hall–Kier alpha value is -1.22. The van der Waals surface area contributed by atoms with E-state index in [9.17, 15) is 4.79 Å². The third kappa shape index (κ3) is 4.65. The number of pyridine rings is 1. The predicted molar refractivity (Wildman–Crippen MR) is 69.8 cm³/mol. The van der Waals surface area contributed by atoms with E-state index in [1.807, 2.05) is 39.0 Å². The molecule has 0 aliphatic rings. The topological polar surface area (TPSA) is 33.2 Å². The molecule has 0 spiro atoms. The van der Waals surface area contributed by atoms with Gasteiger partial charge in [-0.15, -0.1) is 0 Å². The van der Waals surface area contributed by atoms with Crippen molar-refractivity contribution >= 4 is 6.29 Å². The first-order valence-corrected chi connectivity index (χ1v) is 6.08. The van der Waals surface area contributed by atoms with Gasteiger partial charge in [0.15, 0.2) is 0 Å². The summed E-state index contributed by atoms with van der Waals surface area (Å²) in [7, 11) is 0. The zero-order chi connectivity index (χ0) is 12.9. The monoisotopic (exact) mass is 234 g/mol. The molecule has 3 nitrogen and oxygen atoms in total. The molecule has 0 aliphatic carbocycles. The fraction of sp³-hybridized carbons (Fsp3) is 0.571. The number of carbonyl (C=O) groups excluding carboxylic acids is 1. The van der Waals surface area contributed by atoms with Crippen molar-refractivity contribution in [3.8, 4) is 0 Å². The Bertz CT molecular complexity index is 374. The minimum Gasteiger partial charge on any atom is -0.303 e. The minimum absolute atomic E-state index is 0.292. The van der Waals surface area contributed by atoms with Crippen LogP contribution in [0.15, 0.2) is 18.2 Å². The third-order valence-corrected chi connectivity index (χ3v) is 2.73. The second kappa shape index (κ2) is 5.92. The van der Waals surface area contributed by atoms with E-state index in [2.05, 4.69) is 16.8 Å². The smallest absolute Gasteiger partial charge is 0.126 e. The maximum atomic E-state index is 10.9. The Kier molecular flexibility index (Phi) is 4.82. The van der Waals surface area contributed by atoms with Crippen LogP contribution in [0.4, 0.5) is 0 Å². The fourth-order valence-corrected chi connectivity index (χ4v) is 1.81. The van der Waals surface area contributed by atoms with Gasteiger partial charge in [0, 0.05) is 24.2 Å². The highest BCUT2D eigenvalue weighted by Crippen LogP contribution is 2.15. The molecule has 0 saturated heterocycles. The highest BCUT2D eigenvalue weighted by atomic mass is 16.1. The van der Waals surface area contributed by atoms with Crippen LogP contribution < -0.4 is 0 Å². The van der Waals surface area contributed by atoms with Crippen molar-refractivity contribution < 1.29 is 4.79 Å². The predicted octanol–water partition coefficient (Wildman–Crippen LogP) is 2.44. The van der Waals surface area contributed by atoms with Gasteiger partial charge in [-0.1, -0.05) is 26.8 Å². The molecule has 0 bridgehead atoms. The number of nitrogens with zero attached hydrogens (tertiary/aromatic N) is 2. The number of rotatable bonds is 6. The van der Waals surface area contributed by atoms with Gasteiger partial charge in [0.05, 0.1) is 5.69 Å². The lowest BCUT2D eigenvalue weighted by molar-refractivity contribution is -0.115. The molecule has 1 heterocycles. The Morgan fingerprint density at radius 2 is 2.12 bits per heavy atom.